The highest BCUT2D eigenvalue weighted by Gasteiger charge is 2.22. The molecule has 0 bridgehead atoms. The van der Waals surface area contributed by atoms with E-state index in [9.17, 15) is 5.11 Å². The van der Waals surface area contributed by atoms with Crippen LogP contribution in [0.2, 0.25) is 0 Å². The number of hydrogen-bond acceptors (Lipinski definition) is 5. The summed E-state index contributed by atoms with van der Waals surface area (Å²) in [5.41, 5.74) is 1.30. The van der Waals surface area contributed by atoms with Gasteiger partial charge in [-0.3, -0.25) is 0 Å². The first-order valence-electron chi connectivity index (χ1n) is 7.11. The zero-order valence-electron chi connectivity index (χ0n) is 12.3. The van der Waals surface area contributed by atoms with Gasteiger partial charge in [-0.15, -0.1) is 11.3 Å². The van der Waals surface area contributed by atoms with Crippen molar-refractivity contribution in [3.05, 3.63) is 63.9 Å². The molecular formula is C17H18N2OS2. The van der Waals surface area contributed by atoms with Gasteiger partial charge in [0.1, 0.15) is 5.01 Å². The Kier molecular flexibility index (Phi) is 4.69. The molecule has 0 fully saturated rings. The minimum Gasteiger partial charge on any atom is -0.384 e. The Hall–Kier alpha value is -1.53. The van der Waals surface area contributed by atoms with Crippen molar-refractivity contribution >= 4 is 22.7 Å². The summed E-state index contributed by atoms with van der Waals surface area (Å²) in [6.45, 7) is 3.00. The van der Waals surface area contributed by atoms with E-state index in [0.29, 0.717) is 13.1 Å². The molecule has 2 N–H and O–H groups in total. The summed E-state index contributed by atoms with van der Waals surface area (Å²) in [6.07, 6.45) is 1.91. The first-order chi connectivity index (χ1) is 10.6. The van der Waals surface area contributed by atoms with Crippen molar-refractivity contribution in [2.75, 3.05) is 6.54 Å². The van der Waals surface area contributed by atoms with Crippen LogP contribution in [-0.2, 0) is 12.1 Å². The fourth-order valence-corrected chi connectivity index (χ4v) is 3.89. The van der Waals surface area contributed by atoms with Crippen molar-refractivity contribution in [3.8, 4) is 10.4 Å². The number of aliphatic hydroxyl groups is 1. The molecule has 0 aliphatic carbocycles. The van der Waals surface area contributed by atoms with E-state index in [2.05, 4.69) is 22.4 Å². The fraction of sp³-hybridized carbons (Fsp3) is 0.235. The SMILES string of the molecule is CC(O)(CNCc1ncc(-c2ccccc2)s1)c1ccsc1. The van der Waals surface area contributed by atoms with Crippen LogP contribution in [-0.4, -0.2) is 16.6 Å². The number of nitrogens with zero attached hydrogens (tertiary/aromatic N) is 1. The largest absolute Gasteiger partial charge is 0.384 e. The van der Waals surface area contributed by atoms with Crippen LogP contribution < -0.4 is 5.32 Å². The summed E-state index contributed by atoms with van der Waals surface area (Å²) in [5.74, 6) is 0. The Morgan fingerprint density at radius 3 is 2.77 bits per heavy atom. The molecule has 3 rings (SSSR count). The third-order valence-corrected chi connectivity index (χ3v) is 5.23. The predicted octanol–water partition coefficient (Wildman–Crippen LogP) is 3.87. The van der Waals surface area contributed by atoms with Crippen molar-refractivity contribution in [1.82, 2.24) is 10.3 Å². The highest BCUT2D eigenvalue weighted by Crippen LogP contribution is 2.26. The molecule has 1 atom stereocenters. The first-order valence-corrected chi connectivity index (χ1v) is 8.87. The van der Waals surface area contributed by atoms with Gasteiger partial charge in [0.15, 0.2) is 0 Å². The van der Waals surface area contributed by atoms with E-state index in [0.717, 1.165) is 10.6 Å². The number of nitrogens with one attached hydrogen (secondary N) is 1. The van der Waals surface area contributed by atoms with Gasteiger partial charge in [0.2, 0.25) is 0 Å². The molecule has 0 aliphatic rings. The molecule has 114 valence electrons. The minimum absolute atomic E-state index is 0.504. The molecule has 22 heavy (non-hydrogen) atoms. The van der Waals surface area contributed by atoms with Gasteiger partial charge in [0.25, 0.3) is 0 Å². The number of thiazole rings is 1. The van der Waals surface area contributed by atoms with Crippen LogP contribution in [0.1, 0.15) is 17.5 Å². The van der Waals surface area contributed by atoms with Crippen LogP contribution in [0.4, 0.5) is 0 Å². The molecule has 2 heterocycles. The average Bonchev–Trinajstić information content (AvgIpc) is 3.20. The molecule has 0 saturated heterocycles. The van der Waals surface area contributed by atoms with Gasteiger partial charge >= 0.3 is 0 Å². The standard InChI is InChI=1S/C17H18N2OS2/c1-17(20,14-7-8-21-11-14)12-18-10-16-19-9-15(22-16)13-5-3-2-4-6-13/h2-9,11,18,20H,10,12H2,1H3. The second-order valence-electron chi connectivity index (χ2n) is 5.37. The molecule has 1 unspecified atom stereocenters. The van der Waals surface area contributed by atoms with E-state index in [-0.39, 0.29) is 0 Å². The van der Waals surface area contributed by atoms with Gasteiger partial charge in [-0.1, -0.05) is 30.3 Å². The third kappa shape index (κ3) is 3.62. The Balaban J connectivity index is 1.58. The number of rotatable bonds is 6. The van der Waals surface area contributed by atoms with E-state index in [1.807, 2.05) is 48.1 Å². The molecule has 2 aromatic heterocycles. The number of aromatic nitrogens is 1. The van der Waals surface area contributed by atoms with Crippen LogP contribution in [0, 0.1) is 0 Å². The molecular weight excluding hydrogens is 312 g/mol. The Bertz CT molecular complexity index is 705. The molecule has 0 amide bonds. The lowest BCUT2D eigenvalue weighted by Crippen LogP contribution is -2.34. The maximum absolute atomic E-state index is 10.5. The smallest absolute Gasteiger partial charge is 0.107 e. The molecule has 0 spiro atoms. The van der Waals surface area contributed by atoms with Crippen LogP contribution in [0.5, 0.6) is 0 Å². The number of thiophene rings is 1. The topological polar surface area (TPSA) is 45.1 Å². The first kappa shape index (κ1) is 15.4. The van der Waals surface area contributed by atoms with Gasteiger partial charge in [-0.2, -0.15) is 11.3 Å². The summed E-state index contributed by atoms with van der Waals surface area (Å²) in [7, 11) is 0. The lowest BCUT2D eigenvalue weighted by molar-refractivity contribution is 0.0571. The summed E-state index contributed by atoms with van der Waals surface area (Å²) >= 11 is 3.28. The number of hydrogen-bond donors (Lipinski definition) is 2. The Morgan fingerprint density at radius 2 is 2.05 bits per heavy atom. The highest BCUT2D eigenvalue weighted by atomic mass is 32.1. The quantitative estimate of drug-likeness (QED) is 0.721. The van der Waals surface area contributed by atoms with Crippen LogP contribution in [0.15, 0.2) is 53.4 Å². The summed E-state index contributed by atoms with van der Waals surface area (Å²) in [4.78, 5) is 5.62. The third-order valence-electron chi connectivity index (χ3n) is 3.50. The molecule has 0 aliphatic heterocycles. The van der Waals surface area contributed by atoms with Crippen molar-refractivity contribution in [3.63, 3.8) is 0 Å². The second-order valence-corrected chi connectivity index (χ2v) is 7.27. The predicted molar refractivity (Wildman–Crippen MR) is 93.1 cm³/mol. The average molecular weight is 330 g/mol. The Labute approximate surface area is 138 Å². The van der Waals surface area contributed by atoms with Gasteiger partial charge in [0.05, 0.1) is 10.5 Å². The molecule has 5 heteroatoms. The Morgan fingerprint density at radius 1 is 1.23 bits per heavy atom. The summed E-state index contributed by atoms with van der Waals surface area (Å²) in [5, 5.41) is 18.8. The molecule has 1 aromatic carbocycles. The number of benzene rings is 1. The molecule has 3 aromatic rings. The lowest BCUT2D eigenvalue weighted by Gasteiger charge is -2.22. The van der Waals surface area contributed by atoms with E-state index >= 15 is 0 Å². The van der Waals surface area contributed by atoms with E-state index in [1.54, 1.807) is 22.7 Å². The normalized spacial score (nSPS) is 13.9. The van der Waals surface area contributed by atoms with Crippen molar-refractivity contribution < 1.29 is 5.11 Å². The minimum atomic E-state index is -0.848. The maximum Gasteiger partial charge on any atom is 0.107 e. The molecule has 0 saturated carbocycles. The fourth-order valence-electron chi connectivity index (χ4n) is 2.21. The van der Waals surface area contributed by atoms with E-state index in [4.69, 9.17) is 0 Å². The molecule has 0 radical (unpaired) electrons. The van der Waals surface area contributed by atoms with Gasteiger partial charge in [-0.05, 0) is 34.9 Å². The van der Waals surface area contributed by atoms with Gasteiger partial charge in [0, 0.05) is 19.3 Å². The van der Waals surface area contributed by atoms with Gasteiger partial charge < -0.3 is 10.4 Å². The van der Waals surface area contributed by atoms with Crippen LogP contribution >= 0.6 is 22.7 Å². The van der Waals surface area contributed by atoms with Gasteiger partial charge in [-0.25, -0.2) is 4.98 Å². The monoisotopic (exact) mass is 330 g/mol. The van der Waals surface area contributed by atoms with Crippen LogP contribution in [0.3, 0.4) is 0 Å². The highest BCUT2D eigenvalue weighted by molar-refractivity contribution is 7.15. The van der Waals surface area contributed by atoms with E-state index in [1.165, 1.54) is 10.4 Å². The zero-order valence-corrected chi connectivity index (χ0v) is 14.0. The van der Waals surface area contributed by atoms with Crippen molar-refractivity contribution in [2.24, 2.45) is 0 Å². The molecule has 3 nitrogen and oxygen atoms in total. The zero-order chi connectivity index (χ0) is 15.4. The van der Waals surface area contributed by atoms with E-state index < -0.39 is 5.60 Å². The van der Waals surface area contributed by atoms with Crippen molar-refractivity contribution in [1.29, 1.82) is 0 Å². The summed E-state index contributed by atoms with van der Waals surface area (Å²) in [6, 6.07) is 12.2. The van der Waals surface area contributed by atoms with Crippen molar-refractivity contribution in [2.45, 2.75) is 19.1 Å². The lowest BCUT2D eigenvalue weighted by atomic mass is 9.99. The summed E-state index contributed by atoms with van der Waals surface area (Å²) < 4.78 is 0. The van der Waals surface area contributed by atoms with Crippen LogP contribution in [0.25, 0.3) is 10.4 Å². The maximum atomic E-state index is 10.5. The second kappa shape index (κ2) is 6.71.